The molecule has 11 rings (SSSR count). The number of anilines is 6. The summed E-state index contributed by atoms with van der Waals surface area (Å²) in [6.45, 7) is 0. The van der Waals surface area contributed by atoms with Crippen molar-refractivity contribution in [3.05, 3.63) is 291 Å². The molecule has 0 saturated heterocycles. The molecule has 0 aliphatic heterocycles. The van der Waals surface area contributed by atoms with Gasteiger partial charge in [-0.15, -0.1) is 0 Å². The molecule has 2 heteroatoms. The molecule has 0 aromatic heterocycles. The van der Waals surface area contributed by atoms with Gasteiger partial charge in [0.15, 0.2) is 0 Å². The van der Waals surface area contributed by atoms with Gasteiger partial charge in [0.1, 0.15) is 0 Å². The van der Waals surface area contributed by atoms with Crippen LogP contribution in [0.25, 0.3) is 66.8 Å². The van der Waals surface area contributed by atoms with Crippen LogP contribution in [0.15, 0.2) is 291 Å². The Morgan fingerprint density at radius 3 is 0.574 bits per heavy atom. The Balaban J connectivity index is 0.908. The lowest BCUT2D eigenvalue weighted by Crippen LogP contribution is -2.09. The normalized spacial score (nSPS) is 11.8. The van der Waals surface area contributed by atoms with E-state index < -0.39 is 0 Å². The van der Waals surface area contributed by atoms with Crippen molar-refractivity contribution < 1.29 is 5.48 Å². The van der Waals surface area contributed by atoms with Crippen LogP contribution in [0.5, 0.6) is 0 Å². The van der Waals surface area contributed by atoms with Crippen molar-refractivity contribution in [1.82, 2.24) is 0 Å². The Labute approximate surface area is 405 Å². The summed E-state index contributed by atoms with van der Waals surface area (Å²) < 4.78 is 37.9. The van der Waals surface area contributed by atoms with Gasteiger partial charge in [-0.25, -0.2) is 0 Å². The number of nitrogens with zero attached hydrogens (tertiary/aromatic N) is 2. The summed E-state index contributed by atoms with van der Waals surface area (Å²) in [4.78, 5) is 4.10. The summed E-state index contributed by atoms with van der Waals surface area (Å²) in [6, 6.07) is 90.3. The van der Waals surface area contributed by atoms with Gasteiger partial charge >= 0.3 is 0 Å². The van der Waals surface area contributed by atoms with Crippen LogP contribution in [0.3, 0.4) is 0 Å². The largest absolute Gasteiger partial charge is 0.311 e. The predicted octanol–water partition coefficient (Wildman–Crippen LogP) is 18.6. The molecular weight excluding hydrogens is 821 g/mol. The van der Waals surface area contributed by atoms with E-state index in [1.165, 1.54) is 11.1 Å². The lowest BCUT2D eigenvalue weighted by atomic mass is 9.99. The van der Waals surface area contributed by atoms with Crippen LogP contribution in [0.2, 0.25) is 0 Å². The first-order valence-corrected chi connectivity index (χ1v) is 22.9. The van der Waals surface area contributed by atoms with Crippen molar-refractivity contribution in [1.29, 1.82) is 0 Å². The number of hydrogen-bond donors (Lipinski definition) is 0. The first-order chi connectivity index (χ1) is 35.4. The smallest absolute Gasteiger partial charge is 0.0645 e. The Hall–Kier alpha value is -8.98. The van der Waals surface area contributed by atoms with Gasteiger partial charge in [-0.2, -0.15) is 0 Å². The van der Waals surface area contributed by atoms with E-state index in [4.69, 9.17) is 0 Å². The molecule has 0 atom stereocenters. The molecule has 0 fully saturated rings. The molecule has 0 heterocycles. The Bertz CT molecular complexity index is 3400. The standard InChI is InChI=1S/C66H48N2/c1-5-13-49(14-6-1)55-25-37-61(38-26-55)67(62-39-27-56(28-40-62)50-15-7-2-8-16-50)65-45-33-59(34-46-65)53-21-23-54(24-22-53)60-35-47-66(48-36-60)68(63-41-29-57(30-42-63)51-17-9-3-10-18-51)64-43-31-58(32-44-64)52-19-11-4-12-20-52/h1-48H/i33D,34D,45D,46D. The molecule has 0 bridgehead atoms. The second-order valence-electron chi connectivity index (χ2n) is 16.7. The van der Waals surface area contributed by atoms with Crippen LogP contribution in [-0.2, 0) is 0 Å². The van der Waals surface area contributed by atoms with E-state index >= 15 is 0 Å². The zero-order valence-corrected chi connectivity index (χ0v) is 37.3. The highest BCUT2D eigenvalue weighted by Crippen LogP contribution is 2.40. The van der Waals surface area contributed by atoms with E-state index in [1.807, 2.05) is 126 Å². The molecule has 0 aliphatic carbocycles. The third kappa shape index (κ3) is 9.00. The third-order valence-corrected chi connectivity index (χ3v) is 12.4. The van der Waals surface area contributed by atoms with Gasteiger partial charge in [-0.05, 0) is 140 Å². The maximum Gasteiger partial charge on any atom is 0.0645 e. The highest BCUT2D eigenvalue weighted by Gasteiger charge is 2.16. The van der Waals surface area contributed by atoms with E-state index in [9.17, 15) is 5.48 Å². The van der Waals surface area contributed by atoms with Crippen molar-refractivity contribution in [2.24, 2.45) is 0 Å². The minimum Gasteiger partial charge on any atom is -0.311 e. The average molecular weight is 873 g/mol. The van der Waals surface area contributed by atoms with Crippen LogP contribution >= 0.6 is 0 Å². The molecule has 11 aromatic rings. The van der Waals surface area contributed by atoms with Crippen molar-refractivity contribution in [2.45, 2.75) is 0 Å². The average Bonchev–Trinajstić information content (AvgIpc) is 3.46. The second kappa shape index (κ2) is 19.2. The van der Waals surface area contributed by atoms with Crippen molar-refractivity contribution in [2.75, 3.05) is 9.80 Å². The number of rotatable bonds is 12. The molecule has 0 spiro atoms. The maximum absolute atomic E-state index is 9.52. The lowest BCUT2D eigenvalue weighted by Gasteiger charge is -2.26. The second-order valence-corrected chi connectivity index (χ2v) is 16.7. The topological polar surface area (TPSA) is 6.48 Å². The summed E-state index contributed by atoms with van der Waals surface area (Å²) in [6.07, 6.45) is 0. The molecule has 11 aromatic carbocycles. The van der Waals surface area contributed by atoms with Crippen molar-refractivity contribution in [3.8, 4) is 66.8 Å². The molecule has 0 unspecified atom stereocenters. The van der Waals surface area contributed by atoms with Crippen LogP contribution in [0.1, 0.15) is 5.48 Å². The molecule has 2 nitrogen and oxygen atoms in total. The molecule has 0 aliphatic rings. The van der Waals surface area contributed by atoms with Crippen LogP contribution in [-0.4, -0.2) is 0 Å². The zero-order chi connectivity index (χ0) is 49.0. The van der Waals surface area contributed by atoms with Crippen molar-refractivity contribution in [3.63, 3.8) is 0 Å². The summed E-state index contributed by atoms with van der Waals surface area (Å²) in [5, 5.41) is 0. The van der Waals surface area contributed by atoms with Crippen LogP contribution < -0.4 is 9.80 Å². The SMILES string of the molecule is [2H]c1c([2H])c(N(c2ccc(-c3ccccc3)cc2)c2ccc(-c3ccccc3)cc2)c([2H])c([2H])c1-c1ccc(-c2ccc(N(c3ccc(-c4ccccc4)cc3)c3ccc(-c4ccccc4)cc3)cc2)cc1. The zero-order valence-electron chi connectivity index (χ0n) is 41.3. The van der Waals surface area contributed by atoms with Crippen molar-refractivity contribution >= 4 is 34.1 Å². The summed E-state index contributed by atoms with van der Waals surface area (Å²) in [5.41, 5.74) is 16.4. The van der Waals surface area contributed by atoms with Gasteiger partial charge in [0.25, 0.3) is 0 Å². The van der Waals surface area contributed by atoms with Gasteiger partial charge in [0, 0.05) is 34.1 Å². The van der Waals surface area contributed by atoms with Crippen LogP contribution in [0.4, 0.5) is 34.1 Å². The Morgan fingerprint density at radius 1 is 0.162 bits per heavy atom. The first-order valence-electron chi connectivity index (χ1n) is 24.9. The monoisotopic (exact) mass is 872 g/mol. The predicted molar refractivity (Wildman–Crippen MR) is 288 cm³/mol. The molecular formula is C66H48N2. The quantitative estimate of drug-likeness (QED) is 0.121. The molecule has 0 saturated carbocycles. The Kier molecular flexibility index (Phi) is 10.5. The highest BCUT2D eigenvalue weighted by molar-refractivity contribution is 5.83. The summed E-state index contributed by atoms with van der Waals surface area (Å²) in [5.74, 6) is 0. The number of benzene rings is 11. The van der Waals surface area contributed by atoms with Gasteiger partial charge < -0.3 is 9.80 Å². The molecule has 322 valence electrons. The fourth-order valence-electron chi connectivity index (χ4n) is 8.78. The fraction of sp³-hybridized carbons (Fsp3) is 0. The van der Waals surface area contributed by atoms with E-state index in [2.05, 4.69) is 150 Å². The first kappa shape index (κ1) is 37.3. The summed E-state index contributed by atoms with van der Waals surface area (Å²) in [7, 11) is 0. The maximum atomic E-state index is 9.52. The van der Waals surface area contributed by atoms with Gasteiger partial charge in [0.05, 0.1) is 5.48 Å². The van der Waals surface area contributed by atoms with E-state index in [1.54, 1.807) is 0 Å². The summed E-state index contributed by atoms with van der Waals surface area (Å²) >= 11 is 0. The third-order valence-electron chi connectivity index (χ3n) is 12.4. The number of hydrogen-bond acceptors (Lipinski definition) is 2. The van der Waals surface area contributed by atoms with Crippen LogP contribution in [0, 0.1) is 0 Å². The minimum atomic E-state index is -0.126. The van der Waals surface area contributed by atoms with Gasteiger partial charge in [-0.3, -0.25) is 0 Å². The lowest BCUT2D eigenvalue weighted by molar-refractivity contribution is 1.28. The van der Waals surface area contributed by atoms with E-state index in [0.29, 0.717) is 5.56 Å². The van der Waals surface area contributed by atoms with E-state index in [-0.39, 0.29) is 35.4 Å². The minimum absolute atomic E-state index is 0.108. The van der Waals surface area contributed by atoms with E-state index in [0.717, 1.165) is 72.9 Å². The highest BCUT2D eigenvalue weighted by atomic mass is 15.1. The molecule has 0 amide bonds. The molecule has 0 radical (unpaired) electrons. The molecule has 0 N–H and O–H groups in total. The molecule has 68 heavy (non-hydrogen) atoms. The fourth-order valence-corrected chi connectivity index (χ4v) is 8.78. The van der Waals surface area contributed by atoms with Gasteiger partial charge in [-0.1, -0.05) is 218 Å². The Morgan fingerprint density at radius 2 is 0.338 bits per heavy atom. The van der Waals surface area contributed by atoms with Gasteiger partial charge in [0.2, 0.25) is 0 Å².